The molecule has 1 N–H and O–H groups in total. The first kappa shape index (κ1) is 15.1. The Labute approximate surface area is 134 Å². The van der Waals surface area contributed by atoms with Crippen molar-refractivity contribution >= 4 is 17.9 Å². The number of furan rings is 1. The third-order valence-electron chi connectivity index (χ3n) is 4.02. The average Bonchev–Trinajstić information content (AvgIpc) is 3.22. The fourth-order valence-corrected chi connectivity index (χ4v) is 2.79. The fraction of sp³-hybridized carbons (Fsp3) is 0.294. The topological polar surface area (TPSA) is 67.5 Å². The Morgan fingerprint density at radius 2 is 2.22 bits per heavy atom. The minimum Gasteiger partial charge on any atom is -0.465 e. The number of nitrogens with one attached hydrogen (secondary N) is 1. The quantitative estimate of drug-likeness (QED) is 0.876. The molecule has 0 saturated carbocycles. The second-order valence-corrected chi connectivity index (χ2v) is 5.46. The average molecular weight is 313 g/mol. The molecule has 120 valence electrons. The Morgan fingerprint density at radius 1 is 1.35 bits per heavy atom. The fourth-order valence-electron chi connectivity index (χ4n) is 2.79. The minimum absolute atomic E-state index is 0.00756. The van der Waals surface area contributed by atoms with Gasteiger partial charge in [0, 0.05) is 31.1 Å². The van der Waals surface area contributed by atoms with Gasteiger partial charge in [0.05, 0.1) is 18.8 Å². The van der Waals surface area contributed by atoms with Gasteiger partial charge in [-0.1, -0.05) is 0 Å². The first-order valence-electron chi connectivity index (χ1n) is 7.59. The molecule has 2 amide bonds. The molecule has 3 heterocycles. The zero-order valence-corrected chi connectivity index (χ0v) is 12.9. The van der Waals surface area contributed by atoms with E-state index < -0.39 is 0 Å². The molecule has 23 heavy (non-hydrogen) atoms. The maximum atomic E-state index is 12.3. The van der Waals surface area contributed by atoms with Crippen LogP contribution in [0.5, 0.6) is 0 Å². The number of carbonyl (C=O) groups is 2. The summed E-state index contributed by atoms with van der Waals surface area (Å²) in [5.74, 6) is 0.198. The van der Waals surface area contributed by atoms with Crippen molar-refractivity contribution in [3.05, 3.63) is 54.3 Å². The monoisotopic (exact) mass is 313 g/mol. The first-order valence-corrected chi connectivity index (χ1v) is 7.59. The highest BCUT2D eigenvalue weighted by molar-refractivity contribution is 5.94. The molecule has 0 aliphatic carbocycles. The van der Waals surface area contributed by atoms with Crippen LogP contribution in [0.2, 0.25) is 0 Å². The van der Waals surface area contributed by atoms with Crippen molar-refractivity contribution < 1.29 is 14.0 Å². The lowest BCUT2D eigenvalue weighted by Crippen LogP contribution is -2.45. The molecule has 0 aromatic carbocycles. The molecule has 0 fully saturated rings. The van der Waals surface area contributed by atoms with Crippen LogP contribution in [0.4, 0.5) is 0 Å². The third-order valence-corrected chi connectivity index (χ3v) is 4.02. The summed E-state index contributed by atoms with van der Waals surface area (Å²) in [5.41, 5.74) is 1.12. The minimum atomic E-state index is -0.317. The third kappa shape index (κ3) is 3.36. The summed E-state index contributed by atoms with van der Waals surface area (Å²) in [7, 11) is 0. The van der Waals surface area contributed by atoms with Crippen LogP contribution in [-0.4, -0.2) is 34.4 Å². The molecule has 6 nitrogen and oxygen atoms in total. The van der Waals surface area contributed by atoms with Crippen LogP contribution in [0, 0.1) is 0 Å². The van der Waals surface area contributed by atoms with Gasteiger partial charge in [0.2, 0.25) is 11.8 Å². The summed E-state index contributed by atoms with van der Waals surface area (Å²) in [6.07, 6.45) is 6.48. The van der Waals surface area contributed by atoms with Crippen LogP contribution in [0.15, 0.2) is 47.2 Å². The summed E-state index contributed by atoms with van der Waals surface area (Å²) in [5, 5.41) is 2.62. The number of aromatic nitrogens is 1. The molecule has 1 aliphatic heterocycles. The van der Waals surface area contributed by atoms with Gasteiger partial charge < -0.3 is 19.2 Å². The van der Waals surface area contributed by atoms with Crippen LogP contribution in [-0.2, 0) is 16.1 Å². The Kier molecular flexibility index (Phi) is 4.32. The molecular weight excluding hydrogens is 294 g/mol. The zero-order chi connectivity index (χ0) is 16.2. The van der Waals surface area contributed by atoms with Gasteiger partial charge in [-0.2, -0.15) is 0 Å². The Morgan fingerprint density at radius 3 is 3.00 bits per heavy atom. The van der Waals surface area contributed by atoms with E-state index in [0.717, 1.165) is 12.2 Å². The molecule has 2 aromatic rings. The van der Waals surface area contributed by atoms with Gasteiger partial charge >= 0.3 is 0 Å². The van der Waals surface area contributed by atoms with Crippen molar-refractivity contribution in [2.24, 2.45) is 0 Å². The van der Waals surface area contributed by atoms with Crippen LogP contribution in [0.1, 0.15) is 24.4 Å². The van der Waals surface area contributed by atoms with Gasteiger partial charge in [-0.15, -0.1) is 0 Å². The summed E-state index contributed by atoms with van der Waals surface area (Å²) < 4.78 is 7.25. The Bertz CT molecular complexity index is 715. The first-order chi connectivity index (χ1) is 11.1. The molecular formula is C17H19N3O3. The lowest BCUT2D eigenvalue weighted by molar-refractivity contribution is -0.134. The van der Waals surface area contributed by atoms with E-state index in [4.69, 9.17) is 4.42 Å². The Hall–Kier alpha value is -2.76. The summed E-state index contributed by atoms with van der Waals surface area (Å²) in [6, 6.07) is 7.52. The summed E-state index contributed by atoms with van der Waals surface area (Å²) >= 11 is 0. The van der Waals surface area contributed by atoms with E-state index in [2.05, 4.69) is 9.88 Å². The second-order valence-electron chi connectivity index (χ2n) is 5.46. The SMILES string of the molecule is C[C@@H]1c2cccn2CCN1C(=O)CNC(=O)/C=C\c1ccco1. The van der Waals surface area contributed by atoms with Crippen molar-refractivity contribution in [3.8, 4) is 0 Å². The van der Waals surface area contributed by atoms with Gasteiger partial charge in [0.15, 0.2) is 0 Å². The molecule has 3 rings (SSSR count). The van der Waals surface area contributed by atoms with Crippen LogP contribution in [0.25, 0.3) is 6.08 Å². The normalized spacial score (nSPS) is 17.3. The maximum Gasteiger partial charge on any atom is 0.244 e. The molecule has 0 spiro atoms. The molecule has 0 radical (unpaired) electrons. The van der Waals surface area contributed by atoms with E-state index in [-0.39, 0.29) is 24.4 Å². The van der Waals surface area contributed by atoms with Gasteiger partial charge in [-0.3, -0.25) is 9.59 Å². The molecule has 0 saturated heterocycles. The largest absolute Gasteiger partial charge is 0.465 e. The number of hydrogen-bond donors (Lipinski definition) is 1. The van der Waals surface area contributed by atoms with Crippen molar-refractivity contribution in [2.75, 3.05) is 13.1 Å². The second kappa shape index (κ2) is 6.56. The van der Waals surface area contributed by atoms with Gasteiger partial charge in [0.1, 0.15) is 5.76 Å². The number of amides is 2. The number of carbonyl (C=O) groups excluding carboxylic acids is 2. The van der Waals surface area contributed by atoms with Gasteiger partial charge in [-0.05, 0) is 37.3 Å². The van der Waals surface area contributed by atoms with E-state index in [1.165, 1.54) is 12.3 Å². The number of rotatable bonds is 4. The molecule has 0 bridgehead atoms. The van der Waals surface area contributed by atoms with E-state index >= 15 is 0 Å². The summed E-state index contributed by atoms with van der Waals surface area (Å²) in [4.78, 5) is 25.9. The molecule has 6 heteroatoms. The highest BCUT2D eigenvalue weighted by Gasteiger charge is 2.27. The predicted molar refractivity (Wildman–Crippen MR) is 85.3 cm³/mol. The lowest BCUT2D eigenvalue weighted by atomic mass is 10.1. The number of hydrogen-bond acceptors (Lipinski definition) is 3. The lowest BCUT2D eigenvalue weighted by Gasteiger charge is -2.35. The van der Waals surface area contributed by atoms with E-state index in [0.29, 0.717) is 12.3 Å². The Balaban J connectivity index is 1.53. The molecule has 1 atom stereocenters. The van der Waals surface area contributed by atoms with Crippen LogP contribution in [0.3, 0.4) is 0 Å². The van der Waals surface area contributed by atoms with Gasteiger partial charge in [-0.25, -0.2) is 0 Å². The van der Waals surface area contributed by atoms with Crippen LogP contribution < -0.4 is 5.32 Å². The molecule has 0 unspecified atom stereocenters. The van der Waals surface area contributed by atoms with E-state index in [1.807, 2.05) is 25.3 Å². The number of fused-ring (bicyclic) bond motifs is 1. The standard InChI is InChI=1S/C17H19N3O3/c1-13-15-5-2-8-19(15)9-10-20(13)17(22)12-18-16(21)7-6-14-4-3-11-23-14/h2-8,11,13H,9-10,12H2,1H3,(H,18,21)/b7-6-/t13-/m1/s1. The number of nitrogens with zero attached hydrogens (tertiary/aromatic N) is 2. The van der Waals surface area contributed by atoms with Gasteiger partial charge in [0.25, 0.3) is 0 Å². The van der Waals surface area contributed by atoms with Crippen molar-refractivity contribution in [3.63, 3.8) is 0 Å². The van der Waals surface area contributed by atoms with Crippen molar-refractivity contribution in [1.82, 2.24) is 14.8 Å². The predicted octanol–water partition coefficient (Wildman–Crippen LogP) is 1.81. The summed E-state index contributed by atoms with van der Waals surface area (Å²) in [6.45, 7) is 3.43. The zero-order valence-electron chi connectivity index (χ0n) is 12.9. The van der Waals surface area contributed by atoms with Crippen molar-refractivity contribution in [2.45, 2.75) is 19.5 Å². The van der Waals surface area contributed by atoms with Crippen LogP contribution >= 0.6 is 0 Å². The van der Waals surface area contributed by atoms with E-state index in [1.54, 1.807) is 23.1 Å². The highest BCUT2D eigenvalue weighted by Crippen LogP contribution is 2.24. The van der Waals surface area contributed by atoms with Crippen molar-refractivity contribution in [1.29, 1.82) is 0 Å². The molecule has 2 aromatic heterocycles. The smallest absolute Gasteiger partial charge is 0.244 e. The maximum absolute atomic E-state index is 12.3. The highest BCUT2D eigenvalue weighted by atomic mass is 16.3. The van der Waals surface area contributed by atoms with E-state index in [9.17, 15) is 9.59 Å². The molecule has 1 aliphatic rings.